The van der Waals surface area contributed by atoms with Gasteiger partial charge >= 0.3 is 0 Å². The van der Waals surface area contributed by atoms with Gasteiger partial charge in [0.2, 0.25) is 0 Å². The molecule has 0 radical (unpaired) electrons. The molecule has 0 bridgehead atoms. The van der Waals surface area contributed by atoms with Gasteiger partial charge in [0.15, 0.2) is 0 Å². The summed E-state index contributed by atoms with van der Waals surface area (Å²) in [6.45, 7) is 0.538. The molecule has 0 fully saturated rings. The van der Waals surface area contributed by atoms with E-state index in [4.69, 9.17) is 11.2 Å². The van der Waals surface area contributed by atoms with Crippen molar-refractivity contribution < 1.29 is 4.74 Å². The van der Waals surface area contributed by atoms with E-state index < -0.39 is 0 Å². The van der Waals surface area contributed by atoms with E-state index in [-0.39, 0.29) is 0 Å². The number of benzene rings is 3. The second kappa shape index (κ2) is 6.65. The molecule has 0 atom stereocenters. The van der Waals surface area contributed by atoms with Crippen molar-refractivity contribution in [1.82, 2.24) is 0 Å². The van der Waals surface area contributed by atoms with E-state index >= 15 is 0 Å². The molecule has 22 heavy (non-hydrogen) atoms. The van der Waals surface area contributed by atoms with Gasteiger partial charge in [0.25, 0.3) is 0 Å². The SMILES string of the molecule is C#Cc1ccc(OCc2ccccc2)c(-c2ccccc2)c1. The topological polar surface area (TPSA) is 9.23 Å². The molecule has 0 aliphatic heterocycles. The third kappa shape index (κ3) is 3.19. The van der Waals surface area contributed by atoms with Crippen LogP contribution in [0.2, 0.25) is 0 Å². The molecule has 0 amide bonds. The molecular weight excluding hydrogens is 268 g/mol. The molecule has 0 aromatic heterocycles. The average molecular weight is 284 g/mol. The van der Waals surface area contributed by atoms with Gasteiger partial charge in [-0.3, -0.25) is 0 Å². The Morgan fingerprint density at radius 2 is 1.50 bits per heavy atom. The van der Waals surface area contributed by atoms with Crippen molar-refractivity contribution in [2.24, 2.45) is 0 Å². The molecule has 3 rings (SSSR count). The van der Waals surface area contributed by atoms with E-state index in [0.29, 0.717) is 6.61 Å². The molecule has 0 saturated carbocycles. The van der Waals surface area contributed by atoms with Crippen LogP contribution in [-0.2, 0) is 6.61 Å². The highest BCUT2D eigenvalue weighted by Crippen LogP contribution is 2.31. The van der Waals surface area contributed by atoms with Crippen molar-refractivity contribution in [3.05, 3.63) is 90.0 Å². The summed E-state index contributed by atoms with van der Waals surface area (Å²) < 4.78 is 6.01. The number of hydrogen-bond donors (Lipinski definition) is 0. The molecule has 0 spiro atoms. The summed E-state index contributed by atoms with van der Waals surface area (Å²) in [7, 11) is 0. The van der Waals surface area contributed by atoms with Crippen molar-refractivity contribution >= 4 is 0 Å². The summed E-state index contributed by atoms with van der Waals surface area (Å²) in [6.07, 6.45) is 5.52. The summed E-state index contributed by atoms with van der Waals surface area (Å²) in [6, 6.07) is 26.1. The first-order valence-electron chi connectivity index (χ1n) is 7.19. The zero-order chi connectivity index (χ0) is 15.2. The van der Waals surface area contributed by atoms with Crippen molar-refractivity contribution in [3.63, 3.8) is 0 Å². The zero-order valence-corrected chi connectivity index (χ0v) is 12.2. The molecule has 3 aromatic carbocycles. The van der Waals surface area contributed by atoms with Crippen LogP contribution in [0, 0.1) is 12.3 Å². The van der Waals surface area contributed by atoms with Gasteiger partial charge in [-0.2, -0.15) is 0 Å². The normalized spacial score (nSPS) is 9.95. The Morgan fingerprint density at radius 3 is 2.18 bits per heavy atom. The second-order valence-electron chi connectivity index (χ2n) is 5.00. The summed E-state index contributed by atoms with van der Waals surface area (Å²) in [5.74, 6) is 3.52. The maximum Gasteiger partial charge on any atom is 0.127 e. The third-order valence-electron chi connectivity index (χ3n) is 3.47. The van der Waals surface area contributed by atoms with Gasteiger partial charge in [0.05, 0.1) is 0 Å². The highest BCUT2D eigenvalue weighted by molar-refractivity contribution is 5.72. The van der Waals surface area contributed by atoms with Crippen molar-refractivity contribution in [3.8, 4) is 29.2 Å². The minimum atomic E-state index is 0.538. The van der Waals surface area contributed by atoms with Crippen LogP contribution in [0.4, 0.5) is 0 Å². The summed E-state index contributed by atoms with van der Waals surface area (Å²) in [5.41, 5.74) is 4.11. The van der Waals surface area contributed by atoms with Crippen LogP contribution in [0.5, 0.6) is 5.75 Å². The first-order chi connectivity index (χ1) is 10.9. The number of terminal acetylenes is 1. The Balaban J connectivity index is 1.92. The lowest BCUT2D eigenvalue weighted by Gasteiger charge is -2.12. The van der Waals surface area contributed by atoms with Gasteiger partial charge in [-0.05, 0) is 29.3 Å². The quantitative estimate of drug-likeness (QED) is 0.618. The van der Waals surface area contributed by atoms with Crippen LogP contribution in [0.1, 0.15) is 11.1 Å². The first kappa shape index (κ1) is 14.0. The molecule has 1 heteroatoms. The molecule has 0 N–H and O–H groups in total. The molecule has 3 aromatic rings. The van der Waals surface area contributed by atoms with Gasteiger partial charge in [-0.25, -0.2) is 0 Å². The van der Waals surface area contributed by atoms with Gasteiger partial charge in [0, 0.05) is 11.1 Å². The lowest BCUT2D eigenvalue weighted by molar-refractivity contribution is 0.307. The van der Waals surface area contributed by atoms with E-state index in [2.05, 4.69) is 30.2 Å². The maximum atomic E-state index is 6.01. The van der Waals surface area contributed by atoms with Crippen LogP contribution in [0.15, 0.2) is 78.9 Å². The van der Waals surface area contributed by atoms with Crippen LogP contribution < -0.4 is 4.74 Å². The van der Waals surface area contributed by atoms with E-state index in [1.165, 1.54) is 0 Å². The maximum absolute atomic E-state index is 6.01. The lowest BCUT2D eigenvalue weighted by Crippen LogP contribution is -1.97. The smallest absolute Gasteiger partial charge is 0.127 e. The fourth-order valence-corrected chi connectivity index (χ4v) is 2.32. The summed E-state index contributed by atoms with van der Waals surface area (Å²) in [4.78, 5) is 0. The Morgan fingerprint density at radius 1 is 0.818 bits per heavy atom. The third-order valence-corrected chi connectivity index (χ3v) is 3.47. The highest BCUT2D eigenvalue weighted by atomic mass is 16.5. The number of hydrogen-bond acceptors (Lipinski definition) is 1. The number of rotatable bonds is 4. The predicted octanol–water partition coefficient (Wildman–Crippen LogP) is 4.91. The van der Waals surface area contributed by atoms with Crippen LogP contribution in [0.3, 0.4) is 0 Å². The molecule has 106 valence electrons. The van der Waals surface area contributed by atoms with Gasteiger partial charge < -0.3 is 4.74 Å². The lowest BCUT2D eigenvalue weighted by atomic mass is 10.0. The Kier molecular flexibility index (Phi) is 4.22. The largest absolute Gasteiger partial charge is 0.488 e. The minimum absolute atomic E-state index is 0.538. The number of ether oxygens (including phenoxy) is 1. The van der Waals surface area contributed by atoms with Gasteiger partial charge in [-0.15, -0.1) is 6.42 Å². The first-order valence-corrected chi connectivity index (χ1v) is 7.19. The van der Waals surface area contributed by atoms with Crippen molar-refractivity contribution in [2.75, 3.05) is 0 Å². The summed E-state index contributed by atoms with van der Waals surface area (Å²) in [5, 5.41) is 0. The van der Waals surface area contributed by atoms with Crippen molar-refractivity contribution in [1.29, 1.82) is 0 Å². The monoisotopic (exact) mass is 284 g/mol. The van der Waals surface area contributed by atoms with Crippen LogP contribution >= 0.6 is 0 Å². The Hall–Kier alpha value is -2.98. The molecule has 1 nitrogen and oxygen atoms in total. The molecule has 0 aliphatic carbocycles. The molecule has 0 aliphatic rings. The minimum Gasteiger partial charge on any atom is -0.488 e. The van der Waals surface area contributed by atoms with Crippen molar-refractivity contribution in [2.45, 2.75) is 6.61 Å². The fourth-order valence-electron chi connectivity index (χ4n) is 2.32. The Labute approximate surface area is 131 Å². The van der Waals surface area contributed by atoms with E-state index in [9.17, 15) is 0 Å². The average Bonchev–Trinajstić information content (AvgIpc) is 2.61. The molecular formula is C21H16O. The van der Waals surface area contributed by atoms with E-state index in [0.717, 1.165) is 28.0 Å². The van der Waals surface area contributed by atoms with Crippen LogP contribution in [-0.4, -0.2) is 0 Å². The van der Waals surface area contributed by atoms with E-state index in [1.54, 1.807) is 0 Å². The standard InChI is InChI=1S/C21H16O/c1-2-17-13-14-21(22-16-18-9-5-3-6-10-18)20(15-17)19-11-7-4-8-12-19/h1,3-15H,16H2. The summed E-state index contributed by atoms with van der Waals surface area (Å²) >= 11 is 0. The second-order valence-corrected chi connectivity index (χ2v) is 5.00. The van der Waals surface area contributed by atoms with Gasteiger partial charge in [-0.1, -0.05) is 66.6 Å². The van der Waals surface area contributed by atoms with Crippen LogP contribution in [0.25, 0.3) is 11.1 Å². The molecule has 0 heterocycles. The van der Waals surface area contributed by atoms with Gasteiger partial charge in [0.1, 0.15) is 12.4 Å². The molecule has 0 unspecified atom stereocenters. The molecule has 0 saturated heterocycles. The zero-order valence-electron chi connectivity index (χ0n) is 12.2. The predicted molar refractivity (Wildman–Crippen MR) is 90.6 cm³/mol. The Bertz CT molecular complexity index is 783. The van der Waals surface area contributed by atoms with E-state index in [1.807, 2.05) is 54.6 Å². The highest BCUT2D eigenvalue weighted by Gasteiger charge is 2.07. The fraction of sp³-hybridized carbons (Fsp3) is 0.0476.